The van der Waals surface area contributed by atoms with Crippen LogP contribution in [0.5, 0.6) is 0 Å². The van der Waals surface area contributed by atoms with E-state index < -0.39 is 21.4 Å². The van der Waals surface area contributed by atoms with Crippen LogP contribution in [-0.2, 0) is 10.0 Å². The highest BCUT2D eigenvalue weighted by molar-refractivity contribution is 9.10. The van der Waals surface area contributed by atoms with Crippen molar-refractivity contribution in [3.63, 3.8) is 0 Å². The van der Waals surface area contributed by atoms with E-state index in [1.165, 1.54) is 6.07 Å². The Kier molecular flexibility index (Phi) is 4.29. The number of hydrogen-bond donors (Lipinski definition) is 2. The van der Waals surface area contributed by atoms with Gasteiger partial charge in [0, 0.05) is 10.0 Å². The summed E-state index contributed by atoms with van der Waals surface area (Å²) in [6.07, 6.45) is 1.45. The van der Waals surface area contributed by atoms with Crippen molar-refractivity contribution in [1.82, 2.24) is 10.0 Å². The molecule has 1 fully saturated rings. The van der Waals surface area contributed by atoms with E-state index >= 15 is 0 Å². The molecule has 4 nitrogen and oxygen atoms in total. The summed E-state index contributed by atoms with van der Waals surface area (Å²) >= 11 is 3.09. The Labute approximate surface area is 121 Å². The Morgan fingerprint density at radius 3 is 2.58 bits per heavy atom. The highest BCUT2D eigenvalue weighted by atomic mass is 79.9. The second-order valence-corrected chi connectivity index (χ2v) is 7.50. The van der Waals surface area contributed by atoms with Crippen LogP contribution in [0.3, 0.4) is 0 Å². The molecule has 1 aliphatic heterocycles. The van der Waals surface area contributed by atoms with Crippen molar-refractivity contribution in [1.29, 1.82) is 0 Å². The Balaban J connectivity index is 2.27. The van der Waals surface area contributed by atoms with Crippen molar-refractivity contribution in [2.75, 3.05) is 13.1 Å². The summed E-state index contributed by atoms with van der Waals surface area (Å²) < 4.78 is 40.7. The van der Waals surface area contributed by atoms with Crippen molar-refractivity contribution >= 4 is 26.0 Å². The molecule has 1 heterocycles. The first-order chi connectivity index (χ1) is 8.82. The maximum absolute atomic E-state index is 13.0. The number of piperidine rings is 1. The Morgan fingerprint density at radius 2 is 2.00 bits per heavy atom. The minimum absolute atomic E-state index is 0.0636. The molecule has 1 aromatic carbocycles. The number of halogens is 2. The molecule has 1 saturated heterocycles. The number of sulfonamides is 1. The van der Waals surface area contributed by atoms with Gasteiger partial charge in [0.1, 0.15) is 5.82 Å². The van der Waals surface area contributed by atoms with E-state index in [9.17, 15) is 12.8 Å². The van der Waals surface area contributed by atoms with Gasteiger partial charge >= 0.3 is 0 Å². The van der Waals surface area contributed by atoms with Crippen molar-refractivity contribution in [3.05, 3.63) is 28.5 Å². The van der Waals surface area contributed by atoms with E-state index in [0.29, 0.717) is 0 Å². The Hall–Kier alpha value is -0.500. The molecule has 0 amide bonds. The largest absolute Gasteiger partial charge is 0.317 e. The smallest absolute Gasteiger partial charge is 0.242 e. The van der Waals surface area contributed by atoms with Crippen molar-refractivity contribution in [2.45, 2.75) is 30.2 Å². The van der Waals surface area contributed by atoms with Gasteiger partial charge in [-0.3, -0.25) is 0 Å². The molecule has 0 radical (unpaired) electrons. The average molecular weight is 351 g/mol. The molecule has 0 aromatic heterocycles. The Morgan fingerprint density at radius 1 is 1.37 bits per heavy atom. The van der Waals surface area contributed by atoms with Gasteiger partial charge in [-0.05, 0) is 67.0 Å². The van der Waals surface area contributed by atoms with Gasteiger partial charge in [-0.2, -0.15) is 0 Å². The predicted molar refractivity (Wildman–Crippen MR) is 74.9 cm³/mol. The van der Waals surface area contributed by atoms with E-state index in [2.05, 4.69) is 26.0 Å². The average Bonchev–Trinajstić information content (AvgIpc) is 2.27. The quantitative estimate of drug-likeness (QED) is 0.876. The molecule has 0 aliphatic carbocycles. The van der Waals surface area contributed by atoms with Gasteiger partial charge in [-0.25, -0.2) is 17.5 Å². The van der Waals surface area contributed by atoms with Crippen molar-refractivity contribution in [2.24, 2.45) is 0 Å². The van der Waals surface area contributed by atoms with Gasteiger partial charge in [0.2, 0.25) is 10.0 Å². The van der Waals surface area contributed by atoms with E-state index in [1.54, 1.807) is 0 Å². The molecule has 7 heteroatoms. The third-order valence-electron chi connectivity index (χ3n) is 3.27. The van der Waals surface area contributed by atoms with E-state index in [1.807, 2.05) is 6.92 Å². The highest BCUT2D eigenvalue weighted by Crippen LogP contribution is 2.26. The first kappa shape index (κ1) is 14.9. The van der Waals surface area contributed by atoms with Crippen LogP contribution in [0, 0.1) is 5.82 Å². The van der Waals surface area contributed by atoms with Crippen LogP contribution < -0.4 is 10.0 Å². The molecule has 0 bridgehead atoms. The summed E-state index contributed by atoms with van der Waals surface area (Å²) in [6, 6.07) is 3.57. The molecule has 2 rings (SSSR count). The van der Waals surface area contributed by atoms with Crippen LogP contribution >= 0.6 is 15.9 Å². The lowest BCUT2D eigenvalue weighted by atomic mass is 9.92. The minimum atomic E-state index is -3.66. The maximum atomic E-state index is 13.0. The SMILES string of the molecule is CC1(NS(=O)(=O)c2ccc(F)cc2Br)CCNCC1. The molecule has 0 saturated carbocycles. The molecule has 0 spiro atoms. The topological polar surface area (TPSA) is 58.2 Å². The second kappa shape index (κ2) is 5.47. The molecule has 1 aliphatic rings. The summed E-state index contributed by atoms with van der Waals surface area (Å²) in [5, 5.41) is 3.19. The van der Waals surface area contributed by atoms with Crippen LogP contribution in [0.1, 0.15) is 19.8 Å². The van der Waals surface area contributed by atoms with Gasteiger partial charge in [-0.1, -0.05) is 0 Å². The van der Waals surface area contributed by atoms with Crippen LogP contribution in [-0.4, -0.2) is 27.0 Å². The number of rotatable bonds is 3. The van der Waals surface area contributed by atoms with Gasteiger partial charge < -0.3 is 5.32 Å². The number of nitrogens with one attached hydrogen (secondary N) is 2. The molecule has 0 unspecified atom stereocenters. The number of benzene rings is 1. The summed E-state index contributed by atoms with van der Waals surface area (Å²) in [7, 11) is -3.66. The molecule has 106 valence electrons. The lowest BCUT2D eigenvalue weighted by Gasteiger charge is -2.34. The molecule has 0 atom stereocenters. The van der Waals surface area contributed by atoms with Gasteiger partial charge in [0.25, 0.3) is 0 Å². The minimum Gasteiger partial charge on any atom is -0.317 e. The molecule has 1 aromatic rings. The highest BCUT2D eigenvalue weighted by Gasteiger charge is 2.32. The van der Waals surface area contributed by atoms with Crippen LogP contribution in [0.25, 0.3) is 0 Å². The number of hydrogen-bond acceptors (Lipinski definition) is 3. The molecular formula is C12H16BrFN2O2S. The van der Waals surface area contributed by atoms with E-state index in [4.69, 9.17) is 0 Å². The molecular weight excluding hydrogens is 335 g/mol. The molecule has 2 N–H and O–H groups in total. The molecule has 19 heavy (non-hydrogen) atoms. The van der Waals surface area contributed by atoms with Crippen LogP contribution in [0.15, 0.2) is 27.6 Å². The standard InChI is InChI=1S/C12H16BrFN2O2S/c1-12(4-6-15-7-5-12)16-19(17,18)11-3-2-9(14)8-10(11)13/h2-3,8,15-16H,4-7H2,1H3. The van der Waals surface area contributed by atoms with Crippen LogP contribution in [0.2, 0.25) is 0 Å². The van der Waals surface area contributed by atoms with Crippen molar-refractivity contribution < 1.29 is 12.8 Å². The van der Waals surface area contributed by atoms with Crippen molar-refractivity contribution in [3.8, 4) is 0 Å². The van der Waals surface area contributed by atoms with Gasteiger partial charge in [-0.15, -0.1) is 0 Å². The fourth-order valence-electron chi connectivity index (χ4n) is 2.15. The van der Waals surface area contributed by atoms with Crippen LogP contribution in [0.4, 0.5) is 4.39 Å². The monoisotopic (exact) mass is 350 g/mol. The van der Waals surface area contributed by atoms with E-state index in [-0.39, 0.29) is 9.37 Å². The summed E-state index contributed by atoms with van der Waals surface area (Å²) in [6.45, 7) is 3.45. The first-order valence-electron chi connectivity index (χ1n) is 6.02. The lowest BCUT2D eigenvalue weighted by molar-refractivity contribution is 0.308. The maximum Gasteiger partial charge on any atom is 0.242 e. The first-order valence-corrected chi connectivity index (χ1v) is 8.30. The zero-order valence-corrected chi connectivity index (χ0v) is 12.9. The third-order valence-corrected chi connectivity index (χ3v) is 5.89. The zero-order valence-electron chi connectivity index (χ0n) is 10.5. The van der Waals surface area contributed by atoms with E-state index in [0.717, 1.165) is 38.1 Å². The predicted octanol–water partition coefficient (Wildman–Crippen LogP) is 2.01. The van der Waals surface area contributed by atoms with Gasteiger partial charge in [0.15, 0.2) is 0 Å². The second-order valence-electron chi connectivity index (χ2n) is 4.99. The summed E-state index contributed by atoms with van der Waals surface area (Å²) in [4.78, 5) is 0.0636. The Bertz CT molecular complexity index is 571. The zero-order chi connectivity index (χ0) is 14.1. The fourth-order valence-corrected chi connectivity index (χ4v) is 4.67. The fraction of sp³-hybridized carbons (Fsp3) is 0.500. The lowest BCUT2D eigenvalue weighted by Crippen LogP contribution is -2.52. The normalized spacial score (nSPS) is 19.3. The summed E-state index contributed by atoms with van der Waals surface area (Å²) in [5.41, 5.74) is -0.460. The van der Waals surface area contributed by atoms with Gasteiger partial charge in [0.05, 0.1) is 4.90 Å². The third kappa shape index (κ3) is 3.53. The summed E-state index contributed by atoms with van der Waals surface area (Å²) in [5.74, 6) is -0.473.